The molecule has 2 aromatic rings. The molecule has 2 rings (SSSR count). The molecule has 2 nitrogen and oxygen atoms in total. The van der Waals surface area contributed by atoms with Crippen molar-refractivity contribution >= 4 is 25.8 Å². The van der Waals surface area contributed by atoms with Crippen molar-refractivity contribution in [2.45, 2.75) is 0 Å². The van der Waals surface area contributed by atoms with Crippen LogP contribution in [-0.2, 0) is 0 Å². The van der Waals surface area contributed by atoms with Crippen LogP contribution < -0.4 is 20.4 Å². The zero-order valence-electron chi connectivity index (χ0n) is 12.3. The van der Waals surface area contributed by atoms with Crippen LogP contribution in [-0.4, -0.2) is 26.8 Å². The summed E-state index contributed by atoms with van der Waals surface area (Å²) < 4.78 is 11.0. The third-order valence-corrected chi connectivity index (χ3v) is 4.75. The van der Waals surface area contributed by atoms with Crippen LogP contribution in [0.2, 0.25) is 0 Å². The van der Waals surface area contributed by atoms with E-state index in [1.807, 2.05) is 36.4 Å². The van der Waals surface area contributed by atoms with Crippen molar-refractivity contribution in [2.75, 3.05) is 20.4 Å². The smallest absolute Gasteiger partial charge is 0.244 e. The molecule has 0 radical (unpaired) electrons. The summed E-state index contributed by atoms with van der Waals surface area (Å²) >= 11 is 0. The maximum absolute atomic E-state index is 5.51. The minimum Gasteiger partial charge on any atom is -0.497 e. The molecule has 0 aliphatic heterocycles. The van der Waals surface area contributed by atoms with Gasteiger partial charge in [-0.1, -0.05) is 36.4 Å². The van der Waals surface area contributed by atoms with Gasteiger partial charge < -0.3 is 9.47 Å². The van der Waals surface area contributed by atoms with E-state index in [-0.39, 0.29) is 6.43 Å². The Labute approximate surface area is 128 Å². The van der Waals surface area contributed by atoms with Crippen LogP contribution in [0.5, 0.6) is 11.5 Å². The first kappa shape index (κ1) is 15.5. The number of methoxy groups -OCH3 is 2. The second-order valence-electron chi connectivity index (χ2n) is 4.50. The molecule has 0 aliphatic carbocycles. The van der Waals surface area contributed by atoms with Crippen LogP contribution in [0.3, 0.4) is 0 Å². The Morgan fingerprint density at radius 3 is 1.86 bits per heavy atom. The molecule has 0 saturated heterocycles. The molecule has 0 N–H and O–H groups in total. The Balaban J connectivity index is 2.50. The van der Waals surface area contributed by atoms with Crippen LogP contribution in [0, 0.1) is 12.3 Å². The lowest BCUT2D eigenvalue weighted by molar-refractivity contribution is 0.417. The van der Waals surface area contributed by atoms with Gasteiger partial charge in [-0.3, -0.25) is 0 Å². The van der Waals surface area contributed by atoms with E-state index in [4.69, 9.17) is 15.9 Å². The van der Waals surface area contributed by atoms with Crippen LogP contribution in [0.4, 0.5) is 0 Å². The van der Waals surface area contributed by atoms with E-state index in [0.29, 0.717) is 8.46 Å². The Morgan fingerprint density at radius 2 is 1.43 bits per heavy atom. The van der Waals surface area contributed by atoms with E-state index in [9.17, 15) is 0 Å². The van der Waals surface area contributed by atoms with Crippen LogP contribution in [0.15, 0.2) is 48.5 Å². The van der Waals surface area contributed by atoms with E-state index in [2.05, 4.69) is 18.1 Å². The zero-order valence-corrected chi connectivity index (χ0v) is 13.3. The summed E-state index contributed by atoms with van der Waals surface area (Å²) in [5.74, 6) is 4.52. The van der Waals surface area contributed by atoms with Crippen molar-refractivity contribution in [1.82, 2.24) is 0 Å². The molecule has 106 valence electrons. The molecule has 0 aliphatic rings. The van der Waals surface area contributed by atoms with Gasteiger partial charge in [-0.15, -0.1) is 20.8 Å². The predicted molar refractivity (Wildman–Crippen MR) is 93.0 cm³/mol. The summed E-state index contributed by atoms with van der Waals surface area (Å²) in [4.78, 5) is 0. The normalized spacial score (nSPS) is 10.3. The number of benzene rings is 2. The molecule has 0 spiro atoms. The van der Waals surface area contributed by atoms with Gasteiger partial charge in [0.1, 0.15) is 11.5 Å². The quantitative estimate of drug-likeness (QED) is 0.462. The summed E-state index contributed by atoms with van der Waals surface area (Å²) in [5.41, 5.74) is 2.30. The van der Waals surface area contributed by atoms with E-state index in [0.717, 1.165) is 28.6 Å². The van der Waals surface area contributed by atoms with E-state index in [1.165, 1.54) is 0 Å². The fraction of sp³-hybridized carbons (Fsp3) is 0.176. The predicted octanol–water partition coefficient (Wildman–Crippen LogP) is 2.12. The van der Waals surface area contributed by atoms with Crippen molar-refractivity contribution < 1.29 is 9.47 Å². The molecule has 0 saturated carbocycles. The molecule has 21 heavy (non-hydrogen) atoms. The minimum absolute atomic E-state index is 0.188. The third-order valence-electron chi connectivity index (χ3n) is 3.31. The van der Waals surface area contributed by atoms with Crippen LogP contribution in [0.25, 0.3) is 0 Å². The Morgan fingerprint density at radius 1 is 0.952 bits per heavy atom. The lowest BCUT2D eigenvalue weighted by Crippen LogP contribution is -2.40. The van der Waals surface area contributed by atoms with Crippen molar-refractivity contribution in [1.29, 1.82) is 0 Å². The van der Waals surface area contributed by atoms with E-state index >= 15 is 0 Å². The first-order valence-corrected chi connectivity index (χ1v) is 8.03. The molecule has 0 fully saturated rings. The van der Waals surface area contributed by atoms with Gasteiger partial charge in [0, 0.05) is 6.16 Å². The molecule has 1 atom stereocenters. The number of hydrogen-bond donors (Lipinski definition) is 0. The average molecular weight is 296 g/mol. The van der Waals surface area contributed by atoms with Crippen LogP contribution >= 0.6 is 8.46 Å². The van der Waals surface area contributed by atoms with Gasteiger partial charge in [-0.25, -0.2) is 0 Å². The van der Waals surface area contributed by atoms with Gasteiger partial charge in [0.25, 0.3) is 0 Å². The number of ether oxygens (including phenoxy) is 2. The molecule has 2 aromatic carbocycles. The minimum atomic E-state index is 0.188. The van der Waals surface area contributed by atoms with Gasteiger partial charge in [0.05, 0.1) is 14.2 Å². The molecule has 0 aromatic heterocycles. The maximum atomic E-state index is 5.51. The molecule has 0 heterocycles. The fourth-order valence-electron chi connectivity index (χ4n) is 2.36. The first-order valence-electron chi connectivity index (χ1n) is 6.74. The standard InChI is InChI=1S/C17H18BO2P/c1-4-13-21-18(14-9-5-7-11-16(14)19-2)15-10-6-8-12-17(15)20-3/h1,5-12,21H,13H2,2-3H3. The SMILES string of the molecule is C#CCPB(c1ccccc1OC)c1ccccc1OC. The molecule has 4 heteroatoms. The highest BCUT2D eigenvalue weighted by atomic mass is 31.1. The van der Waals surface area contributed by atoms with Crippen LogP contribution in [0.1, 0.15) is 0 Å². The second kappa shape index (κ2) is 7.77. The Bertz CT molecular complexity index is 589. The molecule has 1 unspecified atom stereocenters. The van der Waals surface area contributed by atoms with Crippen molar-refractivity contribution in [3.8, 4) is 23.8 Å². The van der Waals surface area contributed by atoms with Gasteiger partial charge in [-0.05, 0) is 23.1 Å². The second-order valence-corrected chi connectivity index (χ2v) is 5.84. The molecular formula is C17H18BO2P. The highest BCUT2D eigenvalue weighted by Crippen LogP contribution is 2.22. The van der Waals surface area contributed by atoms with Gasteiger partial charge in [0.2, 0.25) is 6.43 Å². The van der Waals surface area contributed by atoms with Crippen molar-refractivity contribution in [3.05, 3.63) is 48.5 Å². The number of rotatable bonds is 6. The zero-order chi connectivity index (χ0) is 15.1. The maximum Gasteiger partial charge on any atom is 0.244 e. The summed E-state index contributed by atoms with van der Waals surface area (Å²) in [6, 6.07) is 16.2. The van der Waals surface area contributed by atoms with E-state index in [1.54, 1.807) is 14.2 Å². The third kappa shape index (κ3) is 3.60. The largest absolute Gasteiger partial charge is 0.497 e. The summed E-state index contributed by atoms with van der Waals surface area (Å²) in [6.45, 7) is 0. The topological polar surface area (TPSA) is 18.5 Å². The number of terminal acetylenes is 1. The summed E-state index contributed by atoms with van der Waals surface area (Å²) in [7, 11) is 3.97. The average Bonchev–Trinajstić information content (AvgIpc) is 2.56. The van der Waals surface area contributed by atoms with Crippen molar-refractivity contribution in [3.63, 3.8) is 0 Å². The van der Waals surface area contributed by atoms with E-state index < -0.39 is 0 Å². The summed E-state index contributed by atoms with van der Waals surface area (Å²) in [5, 5.41) is 0. The number of hydrogen-bond acceptors (Lipinski definition) is 2. The lowest BCUT2D eigenvalue weighted by atomic mass is 9.61. The highest BCUT2D eigenvalue weighted by molar-refractivity contribution is 7.81. The first-order chi connectivity index (χ1) is 10.3. The fourth-order valence-corrected chi connectivity index (χ4v) is 3.60. The highest BCUT2D eigenvalue weighted by Gasteiger charge is 2.24. The molecule has 0 amide bonds. The van der Waals surface area contributed by atoms with Gasteiger partial charge in [-0.2, -0.15) is 0 Å². The summed E-state index contributed by atoms with van der Waals surface area (Å²) in [6.07, 6.45) is 6.39. The van der Waals surface area contributed by atoms with Gasteiger partial charge >= 0.3 is 0 Å². The van der Waals surface area contributed by atoms with Crippen molar-refractivity contribution in [2.24, 2.45) is 0 Å². The monoisotopic (exact) mass is 296 g/mol. The Hall–Kier alpha value is -1.91. The number of para-hydroxylation sites is 2. The molecule has 0 bridgehead atoms. The lowest BCUT2D eigenvalue weighted by Gasteiger charge is -2.19. The van der Waals surface area contributed by atoms with Gasteiger partial charge in [0.15, 0.2) is 0 Å². The molecular weight excluding hydrogens is 278 g/mol. The Kier molecular flexibility index (Phi) is 5.73.